The van der Waals surface area contributed by atoms with E-state index in [0.717, 1.165) is 54.4 Å². The van der Waals surface area contributed by atoms with Gasteiger partial charge in [-0.2, -0.15) is 5.10 Å². The molecule has 1 atom stereocenters. The maximum Gasteiger partial charge on any atom is 0.251 e. The second-order valence-corrected chi connectivity index (χ2v) is 9.77. The number of hydrogen-bond acceptors (Lipinski definition) is 6. The van der Waals surface area contributed by atoms with E-state index in [1.54, 1.807) is 0 Å². The van der Waals surface area contributed by atoms with Crippen LogP contribution < -0.4 is 25.0 Å². The Morgan fingerprint density at radius 3 is 2.50 bits per heavy atom. The molecule has 3 aromatic rings. The zero-order valence-corrected chi connectivity index (χ0v) is 21.5. The van der Waals surface area contributed by atoms with Crippen LogP contribution >= 0.6 is 0 Å². The monoisotopic (exact) mass is 489 g/mol. The van der Waals surface area contributed by atoms with Crippen molar-refractivity contribution in [3.63, 3.8) is 0 Å². The summed E-state index contributed by atoms with van der Waals surface area (Å²) in [4.78, 5) is 15.1. The molecular formula is C28H35N5O3. The molecule has 2 aromatic carbocycles. The number of aryl methyl sites for hydroxylation is 2. The Bertz CT molecular complexity index is 1230. The van der Waals surface area contributed by atoms with Gasteiger partial charge in [0, 0.05) is 61.3 Å². The molecule has 0 saturated carbocycles. The van der Waals surface area contributed by atoms with Crippen LogP contribution in [0.4, 0.5) is 5.69 Å². The number of ether oxygens (including phenoxy) is 2. The molecule has 1 amide bonds. The second kappa shape index (κ2) is 10.2. The Hall–Kier alpha value is -3.52. The molecule has 0 unspecified atom stereocenters. The SMILES string of the molecule is Cc1nn(C)c(C)c1[C@H](C)NC1CCN(c2ccc(C(=O)NCc3ccc4c(c3)OCO4)cc2)CC1. The number of carbonyl (C=O) groups is 1. The third-order valence-corrected chi connectivity index (χ3v) is 7.36. The van der Waals surface area contributed by atoms with E-state index in [2.05, 4.69) is 41.4 Å². The average Bonchev–Trinajstić information content (AvgIpc) is 3.45. The number of nitrogens with one attached hydrogen (secondary N) is 2. The van der Waals surface area contributed by atoms with Crippen LogP contribution in [0.25, 0.3) is 0 Å². The van der Waals surface area contributed by atoms with Gasteiger partial charge >= 0.3 is 0 Å². The molecule has 2 aliphatic rings. The Kier molecular flexibility index (Phi) is 6.87. The summed E-state index contributed by atoms with van der Waals surface area (Å²) >= 11 is 0. The topological polar surface area (TPSA) is 80.7 Å². The van der Waals surface area contributed by atoms with E-state index in [4.69, 9.17) is 9.47 Å². The van der Waals surface area contributed by atoms with Crippen molar-refractivity contribution in [2.75, 3.05) is 24.8 Å². The van der Waals surface area contributed by atoms with Gasteiger partial charge in [0.25, 0.3) is 5.91 Å². The second-order valence-electron chi connectivity index (χ2n) is 9.77. The molecule has 36 heavy (non-hydrogen) atoms. The van der Waals surface area contributed by atoms with Crippen molar-refractivity contribution >= 4 is 11.6 Å². The van der Waals surface area contributed by atoms with Gasteiger partial charge in [-0.05, 0) is 75.6 Å². The Balaban J connectivity index is 1.11. The first kappa shape index (κ1) is 24.2. The van der Waals surface area contributed by atoms with E-state index in [-0.39, 0.29) is 18.7 Å². The maximum absolute atomic E-state index is 12.7. The van der Waals surface area contributed by atoms with Gasteiger partial charge in [0.1, 0.15) is 0 Å². The zero-order chi connectivity index (χ0) is 25.2. The van der Waals surface area contributed by atoms with Crippen LogP contribution in [0.3, 0.4) is 0 Å². The molecule has 1 fully saturated rings. The number of benzene rings is 2. The van der Waals surface area contributed by atoms with Gasteiger partial charge < -0.3 is 25.0 Å². The number of anilines is 1. The predicted molar refractivity (Wildman–Crippen MR) is 140 cm³/mol. The highest BCUT2D eigenvalue weighted by Crippen LogP contribution is 2.32. The third kappa shape index (κ3) is 5.04. The highest BCUT2D eigenvalue weighted by atomic mass is 16.7. The number of carbonyl (C=O) groups excluding carboxylic acids is 1. The van der Waals surface area contributed by atoms with Crippen LogP contribution in [-0.4, -0.2) is 41.6 Å². The molecule has 1 aromatic heterocycles. The first-order valence-corrected chi connectivity index (χ1v) is 12.7. The van der Waals surface area contributed by atoms with Crippen LogP contribution in [0.15, 0.2) is 42.5 Å². The number of amides is 1. The van der Waals surface area contributed by atoms with Crippen LogP contribution in [0, 0.1) is 13.8 Å². The van der Waals surface area contributed by atoms with E-state index in [1.165, 1.54) is 11.3 Å². The molecule has 190 valence electrons. The molecule has 5 rings (SSSR count). The highest BCUT2D eigenvalue weighted by Gasteiger charge is 2.24. The van der Waals surface area contributed by atoms with Gasteiger partial charge in [0.15, 0.2) is 11.5 Å². The summed E-state index contributed by atoms with van der Waals surface area (Å²) in [7, 11) is 2.01. The molecule has 0 radical (unpaired) electrons. The highest BCUT2D eigenvalue weighted by molar-refractivity contribution is 5.94. The van der Waals surface area contributed by atoms with Gasteiger partial charge in [0.2, 0.25) is 6.79 Å². The fourth-order valence-corrected chi connectivity index (χ4v) is 5.32. The summed E-state index contributed by atoms with van der Waals surface area (Å²) in [6, 6.07) is 14.4. The first-order valence-electron chi connectivity index (χ1n) is 12.7. The van der Waals surface area contributed by atoms with Crippen molar-refractivity contribution in [2.24, 2.45) is 7.05 Å². The lowest BCUT2D eigenvalue weighted by Crippen LogP contribution is -2.43. The smallest absolute Gasteiger partial charge is 0.251 e. The van der Waals surface area contributed by atoms with Crippen molar-refractivity contribution in [3.05, 3.63) is 70.5 Å². The Morgan fingerprint density at radius 1 is 1.08 bits per heavy atom. The van der Waals surface area contributed by atoms with E-state index >= 15 is 0 Å². The number of nitrogens with zero attached hydrogens (tertiary/aromatic N) is 3. The fourth-order valence-electron chi connectivity index (χ4n) is 5.32. The fraction of sp³-hybridized carbons (Fsp3) is 0.429. The lowest BCUT2D eigenvalue weighted by molar-refractivity contribution is 0.0951. The van der Waals surface area contributed by atoms with E-state index in [1.807, 2.05) is 54.2 Å². The van der Waals surface area contributed by atoms with Crippen LogP contribution in [-0.2, 0) is 13.6 Å². The normalized spacial score (nSPS) is 16.3. The predicted octanol–water partition coefficient (Wildman–Crippen LogP) is 4.02. The number of aromatic nitrogens is 2. The molecule has 0 aliphatic carbocycles. The van der Waals surface area contributed by atoms with Gasteiger partial charge in [-0.1, -0.05) is 6.07 Å². The van der Waals surface area contributed by atoms with Crippen molar-refractivity contribution in [3.8, 4) is 11.5 Å². The number of piperidine rings is 1. The van der Waals surface area contributed by atoms with Crippen LogP contribution in [0.2, 0.25) is 0 Å². The average molecular weight is 490 g/mol. The van der Waals surface area contributed by atoms with Crippen LogP contribution in [0.1, 0.15) is 58.7 Å². The summed E-state index contributed by atoms with van der Waals surface area (Å²) in [5.74, 6) is 1.38. The molecule has 3 heterocycles. The molecule has 0 spiro atoms. The van der Waals surface area contributed by atoms with Crippen molar-refractivity contribution < 1.29 is 14.3 Å². The number of hydrogen-bond donors (Lipinski definition) is 2. The molecule has 1 saturated heterocycles. The van der Waals surface area contributed by atoms with Crippen molar-refractivity contribution in [1.82, 2.24) is 20.4 Å². The van der Waals surface area contributed by atoms with Gasteiger partial charge in [-0.3, -0.25) is 9.48 Å². The van der Waals surface area contributed by atoms with Crippen molar-refractivity contribution in [2.45, 2.75) is 52.2 Å². The number of rotatable bonds is 7. The molecule has 8 heteroatoms. The largest absolute Gasteiger partial charge is 0.454 e. The summed E-state index contributed by atoms with van der Waals surface area (Å²) in [5, 5.41) is 11.4. The van der Waals surface area contributed by atoms with Gasteiger partial charge in [-0.15, -0.1) is 0 Å². The standard InChI is InChI=1S/C28H35N5O3/c1-18(27-19(2)31-32(4)20(27)3)30-23-11-13-33(14-12-23)24-8-6-22(7-9-24)28(34)29-16-21-5-10-25-26(15-21)36-17-35-25/h5-10,15,18,23,30H,11-14,16-17H2,1-4H3,(H,29,34)/t18-/m0/s1. The van der Waals surface area contributed by atoms with E-state index < -0.39 is 0 Å². The quantitative estimate of drug-likeness (QED) is 0.522. The summed E-state index contributed by atoms with van der Waals surface area (Å²) in [6.45, 7) is 9.13. The minimum absolute atomic E-state index is 0.0860. The lowest BCUT2D eigenvalue weighted by Gasteiger charge is -2.35. The molecular weight excluding hydrogens is 454 g/mol. The number of fused-ring (bicyclic) bond motifs is 1. The minimum atomic E-state index is -0.0860. The van der Waals surface area contributed by atoms with Gasteiger partial charge in [0.05, 0.1) is 5.69 Å². The summed E-state index contributed by atoms with van der Waals surface area (Å²) < 4.78 is 12.7. The van der Waals surface area contributed by atoms with Crippen molar-refractivity contribution in [1.29, 1.82) is 0 Å². The van der Waals surface area contributed by atoms with E-state index in [0.29, 0.717) is 18.2 Å². The minimum Gasteiger partial charge on any atom is -0.454 e. The summed E-state index contributed by atoms with van der Waals surface area (Å²) in [5.41, 5.74) is 6.44. The summed E-state index contributed by atoms with van der Waals surface area (Å²) in [6.07, 6.45) is 2.17. The first-order chi connectivity index (χ1) is 17.4. The molecule has 2 N–H and O–H groups in total. The van der Waals surface area contributed by atoms with E-state index in [9.17, 15) is 4.79 Å². The van der Waals surface area contributed by atoms with Gasteiger partial charge in [-0.25, -0.2) is 0 Å². The Labute approximate surface area is 212 Å². The molecule has 2 aliphatic heterocycles. The van der Waals surface area contributed by atoms with Crippen LogP contribution in [0.5, 0.6) is 11.5 Å². The third-order valence-electron chi connectivity index (χ3n) is 7.36. The maximum atomic E-state index is 12.7. The zero-order valence-electron chi connectivity index (χ0n) is 21.5. The lowest BCUT2D eigenvalue weighted by atomic mass is 10.00. The molecule has 8 nitrogen and oxygen atoms in total. The Morgan fingerprint density at radius 2 is 1.81 bits per heavy atom. The molecule has 0 bridgehead atoms.